The molecule has 0 aromatic heterocycles. The van der Waals surface area contributed by atoms with E-state index in [1.807, 2.05) is 12.1 Å². The molecule has 5 nitrogen and oxygen atoms in total. The van der Waals surface area contributed by atoms with Gasteiger partial charge in [0, 0.05) is 18.0 Å². The molecule has 1 aromatic carbocycles. The van der Waals surface area contributed by atoms with Crippen molar-refractivity contribution < 1.29 is 19.4 Å². The molecule has 0 aliphatic carbocycles. The quantitative estimate of drug-likeness (QED) is 0.707. The van der Waals surface area contributed by atoms with Gasteiger partial charge in [0.25, 0.3) is 0 Å². The molecule has 0 spiro atoms. The summed E-state index contributed by atoms with van der Waals surface area (Å²) in [4.78, 5) is 10.5. The molecule has 1 rings (SSSR count). The predicted octanol–water partition coefficient (Wildman–Crippen LogP) is 3.11. The number of benzene rings is 1. The summed E-state index contributed by atoms with van der Waals surface area (Å²) in [5.74, 6) is 0.617. The number of nitrogens with two attached hydrogens (primary N) is 1. The van der Waals surface area contributed by atoms with Gasteiger partial charge >= 0.3 is 5.97 Å². The summed E-state index contributed by atoms with van der Waals surface area (Å²) in [6, 6.07) is 3.47. The van der Waals surface area contributed by atoms with Crippen LogP contribution < -0.4 is 15.2 Å². The molecular weight excluding hydrogens is 326 g/mol. The SMILES string of the molecule is COc1cc(C(N)CCCCC(=O)O)c(OC)cc1Br. The third-order valence-corrected chi connectivity index (χ3v) is 3.68. The molecule has 1 atom stereocenters. The lowest BCUT2D eigenvalue weighted by molar-refractivity contribution is -0.137. The highest BCUT2D eigenvalue weighted by molar-refractivity contribution is 9.10. The Morgan fingerprint density at radius 2 is 1.95 bits per heavy atom. The van der Waals surface area contributed by atoms with Gasteiger partial charge in [-0.05, 0) is 40.9 Å². The Balaban J connectivity index is 2.75. The van der Waals surface area contributed by atoms with Gasteiger partial charge in [0.05, 0.1) is 18.7 Å². The van der Waals surface area contributed by atoms with E-state index in [0.29, 0.717) is 24.3 Å². The molecule has 0 heterocycles. The second-order valence-corrected chi connectivity index (χ2v) is 5.33. The topological polar surface area (TPSA) is 81.8 Å². The van der Waals surface area contributed by atoms with E-state index in [9.17, 15) is 4.79 Å². The molecule has 0 radical (unpaired) electrons. The van der Waals surface area contributed by atoms with Crippen LogP contribution in [0.25, 0.3) is 0 Å². The minimum atomic E-state index is -0.776. The number of methoxy groups -OCH3 is 2. The zero-order valence-electron chi connectivity index (χ0n) is 11.7. The summed E-state index contributed by atoms with van der Waals surface area (Å²) in [6.45, 7) is 0. The first-order valence-corrected chi connectivity index (χ1v) is 7.17. The number of halogens is 1. The van der Waals surface area contributed by atoms with Crippen LogP contribution in [0, 0.1) is 0 Å². The minimum absolute atomic E-state index is 0.174. The van der Waals surface area contributed by atoms with Crippen molar-refractivity contribution >= 4 is 21.9 Å². The number of hydrogen-bond donors (Lipinski definition) is 2. The Morgan fingerprint density at radius 1 is 1.30 bits per heavy atom. The average molecular weight is 346 g/mol. The van der Waals surface area contributed by atoms with Gasteiger partial charge < -0.3 is 20.3 Å². The first-order chi connectivity index (χ1) is 9.49. The maximum atomic E-state index is 10.5. The molecule has 3 N–H and O–H groups in total. The van der Waals surface area contributed by atoms with Gasteiger partial charge in [-0.15, -0.1) is 0 Å². The van der Waals surface area contributed by atoms with E-state index >= 15 is 0 Å². The van der Waals surface area contributed by atoms with Crippen LogP contribution in [0.3, 0.4) is 0 Å². The van der Waals surface area contributed by atoms with Crippen LogP contribution in [0.1, 0.15) is 37.3 Å². The lowest BCUT2D eigenvalue weighted by Gasteiger charge is -2.17. The summed E-state index contributed by atoms with van der Waals surface area (Å²) in [7, 11) is 3.18. The van der Waals surface area contributed by atoms with Crippen LogP contribution in [0.4, 0.5) is 0 Å². The van der Waals surface area contributed by atoms with Gasteiger partial charge in [0.15, 0.2) is 0 Å². The van der Waals surface area contributed by atoms with E-state index < -0.39 is 5.97 Å². The van der Waals surface area contributed by atoms with Crippen molar-refractivity contribution in [1.29, 1.82) is 0 Å². The minimum Gasteiger partial charge on any atom is -0.496 e. The Hall–Kier alpha value is -1.27. The molecule has 0 saturated heterocycles. The maximum absolute atomic E-state index is 10.5. The summed E-state index contributed by atoms with van der Waals surface area (Å²) in [5.41, 5.74) is 7.03. The van der Waals surface area contributed by atoms with Crippen LogP contribution in [-0.4, -0.2) is 25.3 Å². The zero-order chi connectivity index (χ0) is 15.1. The fourth-order valence-electron chi connectivity index (χ4n) is 1.97. The van der Waals surface area contributed by atoms with Crippen molar-refractivity contribution in [2.24, 2.45) is 5.73 Å². The zero-order valence-corrected chi connectivity index (χ0v) is 13.3. The van der Waals surface area contributed by atoms with Gasteiger partial charge in [-0.1, -0.05) is 6.42 Å². The highest BCUT2D eigenvalue weighted by atomic mass is 79.9. The van der Waals surface area contributed by atoms with Crippen molar-refractivity contribution in [3.05, 3.63) is 22.2 Å². The molecule has 0 aliphatic heterocycles. The maximum Gasteiger partial charge on any atom is 0.303 e. The number of aliphatic carboxylic acids is 1. The predicted molar refractivity (Wildman–Crippen MR) is 80.3 cm³/mol. The fourth-order valence-corrected chi connectivity index (χ4v) is 2.45. The second-order valence-electron chi connectivity index (χ2n) is 4.47. The Kier molecular flexibility index (Phi) is 6.81. The van der Waals surface area contributed by atoms with Crippen molar-refractivity contribution in [2.45, 2.75) is 31.7 Å². The molecule has 112 valence electrons. The standard InChI is InChI=1S/C14H20BrNO4/c1-19-12-8-10(15)13(20-2)7-9(12)11(16)5-3-4-6-14(17)18/h7-8,11H,3-6,16H2,1-2H3,(H,17,18). The smallest absolute Gasteiger partial charge is 0.303 e. The van der Waals surface area contributed by atoms with Crippen LogP contribution in [-0.2, 0) is 4.79 Å². The molecule has 1 aromatic rings. The van der Waals surface area contributed by atoms with Gasteiger partial charge in [0.2, 0.25) is 0 Å². The Labute approximate surface area is 127 Å². The van der Waals surface area contributed by atoms with Crippen LogP contribution in [0.5, 0.6) is 11.5 Å². The first-order valence-electron chi connectivity index (χ1n) is 6.38. The third kappa shape index (κ3) is 4.68. The number of carbonyl (C=O) groups is 1. The van der Waals surface area contributed by atoms with Crippen LogP contribution in [0.2, 0.25) is 0 Å². The van der Waals surface area contributed by atoms with Gasteiger partial charge in [-0.25, -0.2) is 0 Å². The highest BCUT2D eigenvalue weighted by Crippen LogP contribution is 2.36. The third-order valence-electron chi connectivity index (χ3n) is 3.06. The lowest BCUT2D eigenvalue weighted by atomic mass is 10.00. The lowest BCUT2D eigenvalue weighted by Crippen LogP contribution is -2.12. The van der Waals surface area contributed by atoms with E-state index in [1.165, 1.54) is 0 Å². The van der Waals surface area contributed by atoms with E-state index in [2.05, 4.69) is 15.9 Å². The number of carboxylic acids is 1. The highest BCUT2D eigenvalue weighted by Gasteiger charge is 2.15. The van der Waals surface area contributed by atoms with Crippen molar-refractivity contribution in [3.8, 4) is 11.5 Å². The van der Waals surface area contributed by atoms with Gasteiger partial charge in [-0.3, -0.25) is 4.79 Å². The van der Waals surface area contributed by atoms with E-state index in [4.69, 9.17) is 20.3 Å². The largest absolute Gasteiger partial charge is 0.496 e. The summed E-state index contributed by atoms with van der Waals surface area (Å²) in [5, 5.41) is 8.60. The molecule has 1 unspecified atom stereocenters. The fraction of sp³-hybridized carbons (Fsp3) is 0.500. The second kappa shape index (κ2) is 8.11. The number of carboxylic acid groups (broad SMARTS) is 1. The molecular formula is C14H20BrNO4. The summed E-state index contributed by atoms with van der Waals surface area (Å²) in [6.07, 6.45) is 2.26. The molecule has 6 heteroatoms. The Bertz CT molecular complexity index is 465. The van der Waals surface area contributed by atoms with Gasteiger partial charge in [-0.2, -0.15) is 0 Å². The molecule has 0 fully saturated rings. The summed E-state index contributed by atoms with van der Waals surface area (Å²) >= 11 is 3.40. The molecule has 20 heavy (non-hydrogen) atoms. The van der Waals surface area contributed by atoms with Crippen molar-refractivity contribution in [2.75, 3.05) is 14.2 Å². The van der Waals surface area contributed by atoms with Crippen LogP contribution >= 0.6 is 15.9 Å². The van der Waals surface area contributed by atoms with Crippen LogP contribution in [0.15, 0.2) is 16.6 Å². The molecule has 0 bridgehead atoms. The number of ether oxygens (including phenoxy) is 2. The first kappa shape index (κ1) is 16.8. The van der Waals surface area contributed by atoms with E-state index in [0.717, 1.165) is 16.5 Å². The number of unbranched alkanes of at least 4 members (excludes halogenated alkanes) is 1. The number of hydrogen-bond acceptors (Lipinski definition) is 4. The molecule has 0 saturated carbocycles. The molecule has 0 amide bonds. The normalized spacial score (nSPS) is 12.0. The molecule has 0 aliphatic rings. The average Bonchev–Trinajstić information content (AvgIpc) is 2.42. The Morgan fingerprint density at radius 3 is 2.50 bits per heavy atom. The summed E-state index contributed by atoms with van der Waals surface area (Å²) < 4.78 is 11.4. The van der Waals surface area contributed by atoms with E-state index in [1.54, 1.807) is 14.2 Å². The number of rotatable bonds is 8. The monoisotopic (exact) mass is 345 g/mol. The van der Waals surface area contributed by atoms with E-state index in [-0.39, 0.29) is 12.5 Å². The van der Waals surface area contributed by atoms with Crippen molar-refractivity contribution in [1.82, 2.24) is 0 Å². The van der Waals surface area contributed by atoms with Gasteiger partial charge in [0.1, 0.15) is 11.5 Å². The van der Waals surface area contributed by atoms with Crippen molar-refractivity contribution in [3.63, 3.8) is 0 Å².